The van der Waals surface area contributed by atoms with Gasteiger partial charge in [-0.2, -0.15) is 0 Å². The largest absolute Gasteiger partial charge is 0.386 e. The lowest BCUT2D eigenvalue weighted by Crippen LogP contribution is -2.38. The highest BCUT2D eigenvalue weighted by Gasteiger charge is 2.11. The van der Waals surface area contributed by atoms with Crippen LogP contribution in [0.25, 0.3) is 0 Å². The average Bonchev–Trinajstić information content (AvgIpc) is 2.98. The molecule has 1 unspecified atom stereocenters. The van der Waals surface area contributed by atoms with E-state index in [1.165, 1.54) is 10.9 Å². The van der Waals surface area contributed by atoms with E-state index in [0.717, 1.165) is 11.4 Å². The van der Waals surface area contributed by atoms with Crippen LogP contribution in [-0.2, 0) is 6.42 Å². The second-order valence-corrected chi connectivity index (χ2v) is 6.62. The number of benzene rings is 1. The third-order valence-electron chi connectivity index (χ3n) is 3.33. The average molecular weight is 350 g/mol. The normalized spacial score (nSPS) is 12.9. The van der Waals surface area contributed by atoms with Gasteiger partial charge in [-0.25, -0.2) is 9.37 Å². The quantitative estimate of drug-likeness (QED) is 0.530. The van der Waals surface area contributed by atoms with Gasteiger partial charge in [0.15, 0.2) is 5.96 Å². The smallest absolute Gasteiger partial charge is 0.191 e. The maximum absolute atomic E-state index is 13.7. The van der Waals surface area contributed by atoms with E-state index in [9.17, 15) is 9.50 Å². The fourth-order valence-corrected chi connectivity index (χ4v) is 2.95. The lowest BCUT2D eigenvalue weighted by Gasteiger charge is -2.13. The Morgan fingerprint density at radius 2 is 2.17 bits per heavy atom. The number of guanidine groups is 1. The van der Waals surface area contributed by atoms with Gasteiger partial charge in [-0.15, -0.1) is 11.3 Å². The van der Waals surface area contributed by atoms with E-state index in [4.69, 9.17) is 0 Å². The van der Waals surface area contributed by atoms with Crippen molar-refractivity contribution < 1.29 is 9.50 Å². The highest BCUT2D eigenvalue weighted by Crippen LogP contribution is 2.16. The standard InChI is InChI=1S/C17H23FN4OS/c1-3-19-17(20-9-8-16-21-10-12(2)24-16)22-11-15(23)13-6-4-5-7-14(13)18/h4-7,10,15,23H,3,8-9,11H2,1-2H3,(H2,19,20,22). The number of thiazole rings is 1. The molecule has 0 fully saturated rings. The summed E-state index contributed by atoms with van der Waals surface area (Å²) in [5, 5.41) is 17.5. The minimum absolute atomic E-state index is 0.0899. The van der Waals surface area contributed by atoms with Crippen LogP contribution < -0.4 is 10.6 Å². The van der Waals surface area contributed by atoms with E-state index in [-0.39, 0.29) is 12.1 Å². The number of nitrogens with zero attached hydrogens (tertiary/aromatic N) is 2. The molecular formula is C17H23FN4OS. The molecule has 0 spiro atoms. The molecular weight excluding hydrogens is 327 g/mol. The fourth-order valence-electron chi connectivity index (χ4n) is 2.17. The van der Waals surface area contributed by atoms with Gasteiger partial charge in [0.25, 0.3) is 0 Å². The molecule has 0 saturated heterocycles. The van der Waals surface area contributed by atoms with Crippen LogP contribution in [0.1, 0.15) is 28.5 Å². The summed E-state index contributed by atoms with van der Waals surface area (Å²) in [6, 6.07) is 6.20. The number of aryl methyl sites for hydroxylation is 1. The maximum atomic E-state index is 13.7. The molecule has 0 aliphatic heterocycles. The van der Waals surface area contributed by atoms with Gasteiger partial charge >= 0.3 is 0 Å². The summed E-state index contributed by atoms with van der Waals surface area (Å²) in [5.41, 5.74) is 0.260. The molecule has 0 amide bonds. The van der Waals surface area contributed by atoms with Gasteiger partial charge in [0.2, 0.25) is 0 Å². The number of aliphatic imine (C=N–C) groups is 1. The van der Waals surface area contributed by atoms with Crippen LogP contribution in [0, 0.1) is 12.7 Å². The second-order valence-electron chi connectivity index (χ2n) is 5.30. The van der Waals surface area contributed by atoms with E-state index in [0.29, 0.717) is 19.0 Å². The first-order chi connectivity index (χ1) is 11.6. The number of aliphatic hydroxyl groups excluding tert-OH is 1. The predicted octanol–water partition coefficient (Wildman–Crippen LogP) is 2.42. The summed E-state index contributed by atoms with van der Waals surface area (Å²) >= 11 is 1.68. The minimum Gasteiger partial charge on any atom is -0.386 e. The van der Waals surface area contributed by atoms with Crippen molar-refractivity contribution in [3.05, 3.63) is 51.7 Å². The molecule has 24 heavy (non-hydrogen) atoms. The molecule has 0 bridgehead atoms. The van der Waals surface area contributed by atoms with Gasteiger partial charge < -0.3 is 15.7 Å². The molecule has 130 valence electrons. The Morgan fingerprint density at radius 3 is 2.83 bits per heavy atom. The molecule has 0 saturated carbocycles. The van der Waals surface area contributed by atoms with Crippen molar-refractivity contribution in [2.45, 2.75) is 26.4 Å². The van der Waals surface area contributed by atoms with Crippen molar-refractivity contribution in [2.75, 3.05) is 19.6 Å². The zero-order chi connectivity index (χ0) is 17.4. The van der Waals surface area contributed by atoms with Crippen LogP contribution in [0.3, 0.4) is 0 Å². The summed E-state index contributed by atoms with van der Waals surface area (Å²) in [6.45, 7) is 5.48. The van der Waals surface area contributed by atoms with Crippen molar-refractivity contribution in [3.63, 3.8) is 0 Å². The second kappa shape index (κ2) is 9.34. The zero-order valence-electron chi connectivity index (χ0n) is 13.9. The SMILES string of the molecule is CCNC(=NCC(O)c1ccccc1F)NCCc1ncc(C)s1. The molecule has 1 aromatic heterocycles. The van der Waals surface area contributed by atoms with Gasteiger partial charge in [0, 0.05) is 36.1 Å². The van der Waals surface area contributed by atoms with Crippen LogP contribution in [0.15, 0.2) is 35.5 Å². The van der Waals surface area contributed by atoms with Crippen LogP contribution in [0.2, 0.25) is 0 Å². The third kappa shape index (κ3) is 5.58. The lowest BCUT2D eigenvalue weighted by molar-refractivity contribution is 0.182. The molecule has 1 atom stereocenters. The first-order valence-electron chi connectivity index (χ1n) is 7.96. The molecule has 5 nitrogen and oxygen atoms in total. The van der Waals surface area contributed by atoms with Crippen molar-refractivity contribution in [2.24, 2.45) is 4.99 Å². The summed E-state index contributed by atoms with van der Waals surface area (Å²) in [5.74, 6) is 0.179. The molecule has 0 aliphatic rings. The number of rotatable bonds is 7. The molecule has 0 radical (unpaired) electrons. The predicted molar refractivity (Wildman–Crippen MR) is 95.9 cm³/mol. The van der Waals surface area contributed by atoms with Gasteiger partial charge in [-0.05, 0) is 19.9 Å². The molecule has 7 heteroatoms. The van der Waals surface area contributed by atoms with E-state index in [1.54, 1.807) is 29.5 Å². The van der Waals surface area contributed by atoms with Crippen molar-refractivity contribution >= 4 is 17.3 Å². The van der Waals surface area contributed by atoms with Gasteiger partial charge in [-0.1, -0.05) is 18.2 Å². The number of aromatic nitrogens is 1. The van der Waals surface area contributed by atoms with Crippen LogP contribution in [0.4, 0.5) is 4.39 Å². The minimum atomic E-state index is -0.969. The van der Waals surface area contributed by atoms with E-state index >= 15 is 0 Å². The van der Waals surface area contributed by atoms with Gasteiger partial charge in [-0.3, -0.25) is 4.99 Å². The Hall–Kier alpha value is -1.99. The maximum Gasteiger partial charge on any atom is 0.191 e. The Balaban J connectivity index is 1.88. The molecule has 3 N–H and O–H groups in total. The molecule has 1 aromatic carbocycles. The van der Waals surface area contributed by atoms with Gasteiger partial charge in [0.05, 0.1) is 11.6 Å². The van der Waals surface area contributed by atoms with Crippen LogP contribution >= 0.6 is 11.3 Å². The first-order valence-corrected chi connectivity index (χ1v) is 8.77. The number of hydrogen-bond donors (Lipinski definition) is 3. The number of nitrogens with one attached hydrogen (secondary N) is 2. The highest BCUT2D eigenvalue weighted by atomic mass is 32.1. The Labute approximate surface area is 145 Å². The first kappa shape index (κ1) is 18.4. The van der Waals surface area contributed by atoms with E-state index < -0.39 is 11.9 Å². The van der Waals surface area contributed by atoms with Crippen LogP contribution in [0.5, 0.6) is 0 Å². The molecule has 0 aliphatic carbocycles. The Morgan fingerprint density at radius 1 is 1.38 bits per heavy atom. The summed E-state index contributed by atoms with van der Waals surface area (Å²) in [4.78, 5) is 9.84. The Kier molecular flexibility index (Phi) is 7.14. The van der Waals surface area contributed by atoms with Crippen molar-refractivity contribution in [1.29, 1.82) is 0 Å². The topological polar surface area (TPSA) is 69.5 Å². The number of halogens is 1. The van der Waals surface area contributed by atoms with Crippen LogP contribution in [-0.4, -0.2) is 35.7 Å². The monoisotopic (exact) mass is 350 g/mol. The third-order valence-corrected chi connectivity index (χ3v) is 4.30. The molecule has 2 aromatic rings. The number of hydrogen-bond acceptors (Lipinski definition) is 4. The summed E-state index contributed by atoms with van der Waals surface area (Å²) in [7, 11) is 0. The Bertz CT molecular complexity index is 674. The zero-order valence-corrected chi connectivity index (χ0v) is 14.7. The lowest BCUT2D eigenvalue weighted by atomic mass is 10.1. The fraction of sp³-hybridized carbons (Fsp3) is 0.412. The number of aliphatic hydroxyl groups is 1. The van der Waals surface area contributed by atoms with E-state index in [1.807, 2.05) is 20.0 Å². The molecule has 1 heterocycles. The van der Waals surface area contributed by atoms with Crippen molar-refractivity contribution in [3.8, 4) is 0 Å². The van der Waals surface area contributed by atoms with E-state index in [2.05, 4.69) is 20.6 Å². The molecule has 2 rings (SSSR count). The summed E-state index contributed by atoms with van der Waals surface area (Å²) in [6.07, 6.45) is 1.70. The van der Waals surface area contributed by atoms with Gasteiger partial charge in [0.1, 0.15) is 11.9 Å². The highest BCUT2D eigenvalue weighted by molar-refractivity contribution is 7.11. The summed E-state index contributed by atoms with van der Waals surface area (Å²) < 4.78 is 13.7. The van der Waals surface area contributed by atoms with Crippen molar-refractivity contribution in [1.82, 2.24) is 15.6 Å².